The fourth-order valence-electron chi connectivity index (χ4n) is 3.11. The molecular formula is C21H22N2O3S. The molecule has 3 aromatic rings. The minimum absolute atomic E-state index is 0.227. The molecule has 1 aromatic heterocycles. The van der Waals surface area contributed by atoms with Gasteiger partial charge in [0.15, 0.2) is 11.5 Å². The Hall–Kier alpha value is -2.86. The quantitative estimate of drug-likeness (QED) is 0.674. The largest absolute Gasteiger partial charge is 0.493 e. The maximum absolute atomic E-state index is 12.7. The molecule has 0 aliphatic rings. The lowest BCUT2D eigenvalue weighted by molar-refractivity contribution is 0.102. The van der Waals surface area contributed by atoms with Crippen LogP contribution in [0.1, 0.15) is 27.2 Å². The maximum atomic E-state index is 12.7. The molecule has 1 amide bonds. The summed E-state index contributed by atoms with van der Waals surface area (Å²) in [6.45, 7) is 6.02. The first kappa shape index (κ1) is 18.9. The number of amides is 1. The van der Waals surface area contributed by atoms with Crippen LogP contribution in [0.2, 0.25) is 0 Å². The Morgan fingerprint density at radius 2 is 1.78 bits per heavy atom. The summed E-state index contributed by atoms with van der Waals surface area (Å²) in [5.74, 6) is 1.00. The lowest BCUT2D eigenvalue weighted by Crippen LogP contribution is -2.14. The number of thiazole rings is 1. The zero-order valence-corrected chi connectivity index (χ0v) is 16.9. The van der Waals surface area contributed by atoms with Crippen LogP contribution in [0.3, 0.4) is 0 Å². The molecule has 1 heterocycles. The first-order valence-electron chi connectivity index (χ1n) is 8.50. The zero-order chi connectivity index (χ0) is 19.6. The zero-order valence-electron chi connectivity index (χ0n) is 16.0. The molecule has 27 heavy (non-hydrogen) atoms. The van der Waals surface area contributed by atoms with Gasteiger partial charge in [0.25, 0.3) is 5.91 Å². The van der Waals surface area contributed by atoms with E-state index in [0.717, 1.165) is 22.4 Å². The number of carbonyl (C=O) groups is 1. The van der Waals surface area contributed by atoms with Gasteiger partial charge >= 0.3 is 0 Å². The van der Waals surface area contributed by atoms with Crippen molar-refractivity contribution in [3.05, 3.63) is 58.1 Å². The molecule has 0 atom stereocenters. The van der Waals surface area contributed by atoms with Crippen molar-refractivity contribution in [1.29, 1.82) is 0 Å². The van der Waals surface area contributed by atoms with Crippen LogP contribution in [0.5, 0.6) is 11.5 Å². The number of methoxy groups -OCH3 is 2. The van der Waals surface area contributed by atoms with E-state index in [-0.39, 0.29) is 5.91 Å². The summed E-state index contributed by atoms with van der Waals surface area (Å²) in [5, 5.41) is 5.44. The van der Waals surface area contributed by atoms with Crippen molar-refractivity contribution in [2.24, 2.45) is 0 Å². The van der Waals surface area contributed by atoms with E-state index < -0.39 is 0 Å². The number of aryl methyl sites for hydroxylation is 3. The van der Waals surface area contributed by atoms with Crippen LogP contribution >= 0.6 is 11.3 Å². The second-order valence-corrected chi connectivity index (χ2v) is 7.16. The molecule has 0 aliphatic carbocycles. The highest BCUT2D eigenvalue weighted by molar-refractivity contribution is 7.13. The van der Waals surface area contributed by atoms with Crippen molar-refractivity contribution in [3.8, 4) is 22.1 Å². The number of carbonyl (C=O) groups excluding carboxylic acids is 1. The average molecular weight is 382 g/mol. The Morgan fingerprint density at radius 1 is 1.07 bits per heavy atom. The molecule has 6 heteroatoms. The number of nitrogens with one attached hydrogen (secondary N) is 1. The average Bonchev–Trinajstić information content (AvgIpc) is 3.13. The molecule has 1 N–H and O–H groups in total. The molecule has 2 aromatic carbocycles. The van der Waals surface area contributed by atoms with E-state index in [1.165, 1.54) is 16.9 Å². The van der Waals surface area contributed by atoms with Gasteiger partial charge in [-0.3, -0.25) is 4.79 Å². The van der Waals surface area contributed by atoms with Gasteiger partial charge in [0, 0.05) is 11.1 Å². The molecule has 140 valence electrons. The minimum atomic E-state index is -0.227. The second kappa shape index (κ2) is 7.80. The Balaban J connectivity index is 1.90. The van der Waals surface area contributed by atoms with Crippen LogP contribution in [0.25, 0.3) is 10.6 Å². The van der Waals surface area contributed by atoms with Crippen LogP contribution in [0.4, 0.5) is 5.69 Å². The number of benzene rings is 2. The van der Waals surface area contributed by atoms with E-state index >= 15 is 0 Å². The second-order valence-electron chi connectivity index (χ2n) is 6.31. The van der Waals surface area contributed by atoms with Crippen molar-refractivity contribution in [1.82, 2.24) is 4.98 Å². The number of aromatic nitrogens is 1. The molecule has 0 saturated carbocycles. The van der Waals surface area contributed by atoms with E-state index in [0.29, 0.717) is 22.2 Å². The number of hydrogen-bond acceptors (Lipinski definition) is 5. The summed E-state index contributed by atoms with van der Waals surface area (Å²) in [6, 6.07) is 9.70. The highest BCUT2D eigenvalue weighted by Crippen LogP contribution is 2.39. The predicted molar refractivity (Wildman–Crippen MR) is 109 cm³/mol. The Morgan fingerprint density at radius 3 is 2.41 bits per heavy atom. The van der Waals surface area contributed by atoms with Crippen LogP contribution in [0.15, 0.2) is 35.7 Å². The summed E-state index contributed by atoms with van der Waals surface area (Å²) >= 11 is 1.39. The summed E-state index contributed by atoms with van der Waals surface area (Å²) in [7, 11) is 3.18. The van der Waals surface area contributed by atoms with Crippen molar-refractivity contribution in [2.75, 3.05) is 19.5 Å². The molecule has 3 rings (SSSR count). The summed E-state index contributed by atoms with van der Waals surface area (Å²) in [4.78, 5) is 17.2. The van der Waals surface area contributed by atoms with Gasteiger partial charge in [0.05, 0.1) is 19.8 Å². The summed E-state index contributed by atoms with van der Waals surface area (Å²) < 4.78 is 10.8. The van der Waals surface area contributed by atoms with Crippen LogP contribution in [0, 0.1) is 20.8 Å². The van der Waals surface area contributed by atoms with Gasteiger partial charge in [-0.15, -0.1) is 11.3 Å². The molecular weight excluding hydrogens is 360 g/mol. The third kappa shape index (κ3) is 3.80. The van der Waals surface area contributed by atoms with Crippen molar-refractivity contribution < 1.29 is 14.3 Å². The molecule has 0 bridgehead atoms. The highest BCUT2D eigenvalue weighted by atomic mass is 32.1. The van der Waals surface area contributed by atoms with E-state index in [9.17, 15) is 4.79 Å². The maximum Gasteiger partial charge on any atom is 0.275 e. The first-order valence-corrected chi connectivity index (χ1v) is 9.38. The number of rotatable bonds is 5. The molecule has 0 unspecified atom stereocenters. The van der Waals surface area contributed by atoms with Gasteiger partial charge in [-0.1, -0.05) is 23.8 Å². The topological polar surface area (TPSA) is 60.5 Å². The van der Waals surface area contributed by atoms with E-state index in [4.69, 9.17) is 9.47 Å². The molecule has 0 aliphatic heterocycles. The SMILES string of the molecule is COc1cccc(-c2nc(C(=O)Nc3c(C)cc(C)cc3C)cs2)c1OC. The smallest absolute Gasteiger partial charge is 0.275 e. The van der Waals surface area contributed by atoms with Crippen LogP contribution in [-0.2, 0) is 0 Å². The van der Waals surface area contributed by atoms with E-state index in [1.54, 1.807) is 19.6 Å². The highest BCUT2D eigenvalue weighted by Gasteiger charge is 2.18. The van der Waals surface area contributed by atoms with Crippen molar-refractivity contribution in [2.45, 2.75) is 20.8 Å². The normalized spacial score (nSPS) is 10.6. The van der Waals surface area contributed by atoms with Gasteiger partial charge < -0.3 is 14.8 Å². The number of hydrogen-bond donors (Lipinski definition) is 1. The fourth-order valence-corrected chi connectivity index (χ4v) is 3.93. The summed E-state index contributed by atoms with van der Waals surface area (Å²) in [6.07, 6.45) is 0. The molecule has 0 spiro atoms. The number of anilines is 1. The van der Waals surface area contributed by atoms with Crippen molar-refractivity contribution in [3.63, 3.8) is 0 Å². The van der Waals surface area contributed by atoms with E-state index in [1.807, 2.05) is 39.0 Å². The molecule has 0 saturated heterocycles. The number of para-hydroxylation sites is 1. The fraction of sp³-hybridized carbons (Fsp3) is 0.238. The van der Waals surface area contributed by atoms with Crippen LogP contribution < -0.4 is 14.8 Å². The van der Waals surface area contributed by atoms with E-state index in [2.05, 4.69) is 22.4 Å². The van der Waals surface area contributed by atoms with Gasteiger partial charge in [0.1, 0.15) is 10.7 Å². The predicted octanol–water partition coefficient (Wildman–Crippen LogP) is 5.00. The number of ether oxygens (including phenoxy) is 2. The first-order chi connectivity index (χ1) is 12.9. The summed E-state index contributed by atoms with van der Waals surface area (Å²) in [5.41, 5.74) is 5.24. The van der Waals surface area contributed by atoms with Crippen molar-refractivity contribution >= 4 is 22.9 Å². The van der Waals surface area contributed by atoms with Crippen LogP contribution in [-0.4, -0.2) is 25.1 Å². The monoisotopic (exact) mass is 382 g/mol. The van der Waals surface area contributed by atoms with Gasteiger partial charge in [-0.05, 0) is 44.0 Å². The number of nitrogens with zero attached hydrogens (tertiary/aromatic N) is 1. The lowest BCUT2D eigenvalue weighted by Gasteiger charge is -2.12. The molecule has 0 fully saturated rings. The Labute approximate surface area is 163 Å². The van der Waals surface area contributed by atoms with Gasteiger partial charge in [-0.2, -0.15) is 0 Å². The third-order valence-electron chi connectivity index (χ3n) is 4.29. The van der Waals surface area contributed by atoms with Gasteiger partial charge in [-0.25, -0.2) is 4.98 Å². The third-order valence-corrected chi connectivity index (χ3v) is 5.16. The Bertz CT molecular complexity index is 972. The van der Waals surface area contributed by atoms with Gasteiger partial charge in [0.2, 0.25) is 0 Å². The Kier molecular flexibility index (Phi) is 5.46. The molecule has 0 radical (unpaired) electrons. The minimum Gasteiger partial charge on any atom is -0.493 e. The lowest BCUT2D eigenvalue weighted by atomic mass is 10.1. The molecule has 5 nitrogen and oxygen atoms in total. The standard InChI is InChI=1S/C21H22N2O3S/c1-12-9-13(2)18(14(3)10-12)23-20(24)16-11-27-21(22-16)15-7-6-8-17(25-4)19(15)26-5/h6-11H,1-5H3,(H,23,24).